The quantitative estimate of drug-likeness (QED) is 0.720. The van der Waals surface area contributed by atoms with Crippen molar-refractivity contribution in [3.05, 3.63) is 0 Å². The van der Waals surface area contributed by atoms with E-state index < -0.39 is 0 Å². The molecule has 1 N–H and O–H groups in total. The minimum atomic E-state index is -0.245. The van der Waals surface area contributed by atoms with Gasteiger partial charge in [0, 0.05) is 18.2 Å². The summed E-state index contributed by atoms with van der Waals surface area (Å²) >= 11 is 0. The zero-order valence-electron chi connectivity index (χ0n) is 9.20. The highest BCUT2D eigenvalue weighted by atomic mass is 16.5. The van der Waals surface area contributed by atoms with E-state index in [4.69, 9.17) is 4.74 Å². The fourth-order valence-electron chi connectivity index (χ4n) is 2.88. The first kappa shape index (κ1) is 10.4. The standard InChI is InChI=1S/C11H21NO2/c1-9(10(2)13)12-6-3-4-11(12)5-7-14-8-11/h9-10,13H,3-8H2,1-2H3. The van der Waals surface area contributed by atoms with E-state index in [1.54, 1.807) is 0 Å². The van der Waals surface area contributed by atoms with Gasteiger partial charge in [-0.2, -0.15) is 0 Å². The van der Waals surface area contributed by atoms with Crippen LogP contribution in [0.2, 0.25) is 0 Å². The number of likely N-dealkylation sites (tertiary alicyclic amines) is 1. The summed E-state index contributed by atoms with van der Waals surface area (Å²) in [5, 5.41) is 9.64. The monoisotopic (exact) mass is 199 g/mol. The maximum absolute atomic E-state index is 9.64. The molecular weight excluding hydrogens is 178 g/mol. The van der Waals surface area contributed by atoms with Crippen LogP contribution in [-0.4, -0.2) is 47.4 Å². The predicted octanol–water partition coefficient (Wildman–Crippen LogP) is 1.01. The zero-order chi connectivity index (χ0) is 10.2. The molecule has 3 unspecified atom stereocenters. The lowest BCUT2D eigenvalue weighted by atomic mass is 9.93. The van der Waals surface area contributed by atoms with Crippen molar-refractivity contribution in [1.82, 2.24) is 4.90 Å². The van der Waals surface area contributed by atoms with Crippen molar-refractivity contribution in [2.75, 3.05) is 19.8 Å². The van der Waals surface area contributed by atoms with Crippen molar-refractivity contribution in [3.8, 4) is 0 Å². The molecule has 3 heteroatoms. The Morgan fingerprint density at radius 2 is 2.14 bits per heavy atom. The smallest absolute Gasteiger partial charge is 0.0664 e. The Bertz CT molecular complexity index is 194. The van der Waals surface area contributed by atoms with Crippen molar-refractivity contribution in [2.24, 2.45) is 0 Å². The van der Waals surface area contributed by atoms with Crippen LogP contribution >= 0.6 is 0 Å². The van der Waals surface area contributed by atoms with Gasteiger partial charge >= 0.3 is 0 Å². The van der Waals surface area contributed by atoms with Gasteiger partial charge in [-0.1, -0.05) is 0 Å². The van der Waals surface area contributed by atoms with Crippen LogP contribution in [0.5, 0.6) is 0 Å². The molecule has 2 saturated heterocycles. The van der Waals surface area contributed by atoms with Gasteiger partial charge in [0.25, 0.3) is 0 Å². The van der Waals surface area contributed by atoms with Gasteiger partial charge in [0.2, 0.25) is 0 Å². The van der Waals surface area contributed by atoms with Crippen LogP contribution in [0.25, 0.3) is 0 Å². The molecule has 2 aliphatic heterocycles. The molecule has 1 spiro atoms. The van der Waals surface area contributed by atoms with Crippen LogP contribution in [-0.2, 0) is 4.74 Å². The van der Waals surface area contributed by atoms with Crippen molar-refractivity contribution < 1.29 is 9.84 Å². The number of ether oxygens (including phenoxy) is 1. The van der Waals surface area contributed by atoms with E-state index in [0.29, 0.717) is 0 Å². The molecule has 0 aromatic rings. The van der Waals surface area contributed by atoms with Gasteiger partial charge < -0.3 is 9.84 Å². The summed E-state index contributed by atoms with van der Waals surface area (Å²) in [5.41, 5.74) is 0.260. The maximum Gasteiger partial charge on any atom is 0.0664 e. The highest BCUT2D eigenvalue weighted by molar-refractivity contribution is 5.01. The van der Waals surface area contributed by atoms with Gasteiger partial charge in [-0.15, -0.1) is 0 Å². The molecule has 3 atom stereocenters. The highest BCUT2D eigenvalue weighted by Crippen LogP contribution is 2.38. The predicted molar refractivity (Wildman–Crippen MR) is 55.2 cm³/mol. The van der Waals surface area contributed by atoms with Gasteiger partial charge in [0.1, 0.15) is 0 Å². The van der Waals surface area contributed by atoms with Crippen LogP contribution in [0, 0.1) is 0 Å². The van der Waals surface area contributed by atoms with E-state index in [0.717, 1.165) is 26.2 Å². The van der Waals surface area contributed by atoms with Gasteiger partial charge in [-0.3, -0.25) is 4.90 Å². The Morgan fingerprint density at radius 3 is 2.71 bits per heavy atom. The molecule has 0 radical (unpaired) electrons. The minimum Gasteiger partial charge on any atom is -0.392 e. The Kier molecular flexibility index (Phi) is 2.82. The molecule has 2 heterocycles. The normalized spacial score (nSPS) is 37.9. The molecular formula is C11H21NO2. The lowest BCUT2D eigenvalue weighted by Crippen LogP contribution is -2.52. The Balaban J connectivity index is 2.10. The van der Waals surface area contributed by atoms with Crippen LogP contribution < -0.4 is 0 Å². The first-order valence-electron chi connectivity index (χ1n) is 5.68. The molecule has 2 rings (SSSR count). The number of aliphatic hydroxyl groups is 1. The topological polar surface area (TPSA) is 32.7 Å². The number of hydrogen-bond donors (Lipinski definition) is 1. The third kappa shape index (κ3) is 1.58. The number of nitrogens with zero attached hydrogens (tertiary/aromatic N) is 1. The Labute approximate surface area is 86.0 Å². The fourth-order valence-corrected chi connectivity index (χ4v) is 2.88. The van der Waals surface area contributed by atoms with E-state index in [1.165, 1.54) is 12.8 Å². The van der Waals surface area contributed by atoms with Crippen LogP contribution in [0.1, 0.15) is 33.1 Å². The van der Waals surface area contributed by atoms with Gasteiger partial charge in [0.15, 0.2) is 0 Å². The lowest BCUT2D eigenvalue weighted by Gasteiger charge is -2.39. The second-order valence-corrected chi connectivity index (χ2v) is 4.81. The summed E-state index contributed by atoms with van der Waals surface area (Å²) in [7, 11) is 0. The first-order valence-corrected chi connectivity index (χ1v) is 5.68. The van der Waals surface area contributed by atoms with E-state index in [1.807, 2.05) is 6.92 Å². The third-order valence-corrected chi connectivity index (χ3v) is 3.92. The lowest BCUT2D eigenvalue weighted by molar-refractivity contribution is 0.0136. The highest BCUT2D eigenvalue weighted by Gasteiger charge is 2.46. The first-order chi connectivity index (χ1) is 6.66. The van der Waals surface area contributed by atoms with E-state index >= 15 is 0 Å². The zero-order valence-corrected chi connectivity index (χ0v) is 9.20. The molecule has 82 valence electrons. The Morgan fingerprint density at radius 1 is 1.36 bits per heavy atom. The molecule has 2 fully saturated rings. The van der Waals surface area contributed by atoms with Crippen molar-refractivity contribution in [3.63, 3.8) is 0 Å². The molecule has 3 nitrogen and oxygen atoms in total. The van der Waals surface area contributed by atoms with Crippen molar-refractivity contribution in [1.29, 1.82) is 0 Å². The molecule has 14 heavy (non-hydrogen) atoms. The van der Waals surface area contributed by atoms with Crippen LogP contribution in [0.15, 0.2) is 0 Å². The molecule has 0 aromatic carbocycles. The average molecular weight is 199 g/mol. The largest absolute Gasteiger partial charge is 0.392 e. The van der Waals surface area contributed by atoms with Gasteiger partial charge in [-0.05, 0) is 39.7 Å². The van der Waals surface area contributed by atoms with E-state index in [-0.39, 0.29) is 17.7 Å². The van der Waals surface area contributed by atoms with Crippen molar-refractivity contribution >= 4 is 0 Å². The molecule has 0 aromatic heterocycles. The van der Waals surface area contributed by atoms with Crippen LogP contribution in [0.4, 0.5) is 0 Å². The summed E-state index contributed by atoms with van der Waals surface area (Å²) in [5.74, 6) is 0. The summed E-state index contributed by atoms with van der Waals surface area (Å²) in [6.07, 6.45) is 3.39. The number of rotatable bonds is 2. The minimum absolute atomic E-state index is 0.245. The SMILES string of the molecule is CC(O)C(C)N1CCCC12CCOC2. The molecule has 0 amide bonds. The average Bonchev–Trinajstić information content (AvgIpc) is 2.76. The summed E-state index contributed by atoms with van der Waals surface area (Å²) in [6, 6.07) is 0.263. The van der Waals surface area contributed by atoms with Gasteiger partial charge in [-0.25, -0.2) is 0 Å². The summed E-state index contributed by atoms with van der Waals surface area (Å²) in [4.78, 5) is 2.46. The van der Waals surface area contributed by atoms with Crippen LogP contribution in [0.3, 0.4) is 0 Å². The number of aliphatic hydroxyl groups excluding tert-OH is 1. The summed E-state index contributed by atoms with van der Waals surface area (Å²) < 4.78 is 5.52. The van der Waals surface area contributed by atoms with Crippen molar-refractivity contribution in [2.45, 2.75) is 50.8 Å². The fraction of sp³-hybridized carbons (Fsp3) is 1.00. The molecule has 0 bridgehead atoms. The molecule has 0 saturated carbocycles. The Hall–Kier alpha value is -0.120. The summed E-state index contributed by atoms with van der Waals surface area (Å²) in [6.45, 7) is 6.88. The second-order valence-electron chi connectivity index (χ2n) is 4.81. The second kappa shape index (κ2) is 3.80. The van der Waals surface area contributed by atoms with E-state index in [9.17, 15) is 5.11 Å². The van der Waals surface area contributed by atoms with E-state index in [2.05, 4.69) is 11.8 Å². The molecule has 2 aliphatic rings. The van der Waals surface area contributed by atoms with Gasteiger partial charge in [0.05, 0.1) is 12.7 Å². The maximum atomic E-state index is 9.64. The third-order valence-electron chi connectivity index (χ3n) is 3.92. The molecule has 0 aliphatic carbocycles. The number of hydrogen-bond acceptors (Lipinski definition) is 3.